The third-order valence-electron chi connectivity index (χ3n) is 5.61. The molecule has 154 valence electrons. The van der Waals surface area contributed by atoms with Crippen molar-refractivity contribution in [1.82, 2.24) is 25.0 Å². The van der Waals surface area contributed by atoms with Gasteiger partial charge in [-0.05, 0) is 63.1 Å². The van der Waals surface area contributed by atoms with Gasteiger partial charge in [-0.3, -0.25) is 9.78 Å². The smallest absolute Gasteiger partial charge is 0.129 e. The van der Waals surface area contributed by atoms with Gasteiger partial charge in [-0.25, -0.2) is 4.98 Å². The van der Waals surface area contributed by atoms with Crippen molar-refractivity contribution in [3.05, 3.63) is 55.0 Å². The summed E-state index contributed by atoms with van der Waals surface area (Å²) in [6.45, 7) is 6.00. The Balaban J connectivity index is 1.39. The molecular formula is C23H26N6O. The average Bonchev–Trinajstić information content (AvgIpc) is 3.44. The quantitative estimate of drug-likeness (QED) is 0.534. The van der Waals surface area contributed by atoms with Crippen LogP contribution in [0.4, 0.5) is 5.82 Å². The highest BCUT2D eigenvalue weighted by molar-refractivity contribution is 5.94. The maximum atomic E-state index is 5.87. The summed E-state index contributed by atoms with van der Waals surface area (Å²) in [6.07, 6.45) is 8.04. The second kappa shape index (κ2) is 7.82. The molecule has 5 rings (SSSR count). The van der Waals surface area contributed by atoms with Gasteiger partial charge in [0.25, 0.3) is 0 Å². The van der Waals surface area contributed by atoms with Gasteiger partial charge in [0.2, 0.25) is 0 Å². The lowest BCUT2D eigenvalue weighted by Gasteiger charge is -2.33. The molecule has 0 radical (unpaired) electrons. The molecule has 1 N–H and O–H groups in total. The molecule has 0 atom stereocenters. The number of piperidine rings is 1. The Morgan fingerprint density at radius 3 is 2.73 bits per heavy atom. The second-order valence-electron chi connectivity index (χ2n) is 8.05. The Bertz CT molecular complexity index is 1130. The third kappa shape index (κ3) is 3.63. The fourth-order valence-electron chi connectivity index (χ4n) is 4.15. The molecule has 1 saturated heterocycles. The first-order valence-corrected chi connectivity index (χ1v) is 10.5. The number of benzene rings is 1. The van der Waals surface area contributed by atoms with Crippen molar-refractivity contribution in [1.29, 1.82) is 0 Å². The summed E-state index contributed by atoms with van der Waals surface area (Å²) < 4.78 is 7.95. The highest BCUT2D eigenvalue weighted by Crippen LogP contribution is 2.32. The summed E-state index contributed by atoms with van der Waals surface area (Å²) in [5.41, 5.74) is 2.98. The van der Waals surface area contributed by atoms with Crippen molar-refractivity contribution in [2.24, 2.45) is 0 Å². The average molecular weight is 403 g/mol. The lowest BCUT2D eigenvalue weighted by molar-refractivity contribution is 0.243. The molecule has 4 heterocycles. The molecule has 0 bridgehead atoms. The van der Waals surface area contributed by atoms with Crippen LogP contribution in [-0.2, 0) is 0 Å². The van der Waals surface area contributed by atoms with Crippen LogP contribution in [0.25, 0.3) is 22.2 Å². The number of aromatic amines is 1. The van der Waals surface area contributed by atoms with Gasteiger partial charge in [-0.15, -0.1) is 0 Å². The monoisotopic (exact) mass is 402 g/mol. The Labute approximate surface area is 175 Å². The standard InChI is InChI=1S/C23H26N6O/c1-16(2)30-19-4-5-21-20(15-19)23(27-26-21)17-6-10-24-22(14-17)28-12-7-18(8-13-28)29-11-3-9-25-29/h3-6,9-11,14-16,18H,7-8,12-13H2,1-2H3,(H,26,27). The van der Waals surface area contributed by atoms with E-state index < -0.39 is 0 Å². The fraction of sp³-hybridized carbons (Fsp3) is 0.348. The maximum Gasteiger partial charge on any atom is 0.129 e. The van der Waals surface area contributed by atoms with E-state index in [4.69, 9.17) is 4.74 Å². The van der Waals surface area contributed by atoms with E-state index in [0.29, 0.717) is 6.04 Å². The Morgan fingerprint density at radius 2 is 1.97 bits per heavy atom. The van der Waals surface area contributed by atoms with Crippen LogP contribution in [0.15, 0.2) is 55.0 Å². The summed E-state index contributed by atoms with van der Waals surface area (Å²) in [7, 11) is 0. The van der Waals surface area contributed by atoms with Gasteiger partial charge in [0.1, 0.15) is 17.3 Å². The molecule has 0 spiro atoms. The van der Waals surface area contributed by atoms with Gasteiger partial charge in [0.15, 0.2) is 0 Å². The summed E-state index contributed by atoms with van der Waals surface area (Å²) in [5.74, 6) is 1.85. The first kappa shape index (κ1) is 18.7. The number of hydrogen-bond donors (Lipinski definition) is 1. The Hall–Kier alpha value is -3.35. The number of ether oxygens (including phenoxy) is 1. The minimum atomic E-state index is 0.134. The summed E-state index contributed by atoms with van der Waals surface area (Å²) in [6, 6.07) is 12.7. The Kier molecular flexibility index (Phi) is 4.86. The molecule has 0 amide bonds. The van der Waals surface area contributed by atoms with Crippen LogP contribution in [0.2, 0.25) is 0 Å². The maximum absolute atomic E-state index is 5.87. The number of pyridine rings is 1. The number of rotatable bonds is 5. The number of fused-ring (bicyclic) bond motifs is 1. The molecule has 7 nitrogen and oxygen atoms in total. The molecule has 3 aromatic heterocycles. The highest BCUT2D eigenvalue weighted by Gasteiger charge is 2.22. The van der Waals surface area contributed by atoms with Crippen molar-refractivity contribution < 1.29 is 4.74 Å². The van der Waals surface area contributed by atoms with Gasteiger partial charge in [-0.1, -0.05) is 0 Å². The molecule has 1 aliphatic rings. The molecule has 4 aromatic rings. The molecule has 1 fully saturated rings. The van der Waals surface area contributed by atoms with Gasteiger partial charge in [0.05, 0.1) is 17.7 Å². The molecule has 0 aliphatic carbocycles. The first-order chi connectivity index (χ1) is 14.7. The number of aromatic nitrogens is 5. The van der Waals surface area contributed by atoms with Crippen LogP contribution in [0.1, 0.15) is 32.7 Å². The first-order valence-electron chi connectivity index (χ1n) is 10.5. The molecule has 0 unspecified atom stereocenters. The molecular weight excluding hydrogens is 376 g/mol. The number of H-pyrrole nitrogens is 1. The van der Waals surface area contributed by atoms with Crippen molar-refractivity contribution in [3.8, 4) is 17.0 Å². The van der Waals surface area contributed by atoms with Crippen LogP contribution >= 0.6 is 0 Å². The van der Waals surface area contributed by atoms with E-state index in [1.807, 2.05) is 50.5 Å². The van der Waals surface area contributed by atoms with E-state index in [1.54, 1.807) is 0 Å². The molecule has 30 heavy (non-hydrogen) atoms. The fourth-order valence-corrected chi connectivity index (χ4v) is 4.15. The molecule has 1 aliphatic heterocycles. The van der Waals surface area contributed by atoms with Crippen molar-refractivity contribution >= 4 is 16.7 Å². The van der Waals surface area contributed by atoms with E-state index in [-0.39, 0.29) is 6.10 Å². The van der Waals surface area contributed by atoms with Gasteiger partial charge >= 0.3 is 0 Å². The van der Waals surface area contributed by atoms with Crippen LogP contribution in [-0.4, -0.2) is 44.2 Å². The van der Waals surface area contributed by atoms with Gasteiger partial charge in [-0.2, -0.15) is 10.2 Å². The second-order valence-corrected chi connectivity index (χ2v) is 8.05. The molecule has 7 heteroatoms. The number of anilines is 1. The summed E-state index contributed by atoms with van der Waals surface area (Å²) in [4.78, 5) is 6.99. The van der Waals surface area contributed by atoms with Crippen LogP contribution < -0.4 is 9.64 Å². The Morgan fingerprint density at radius 1 is 1.10 bits per heavy atom. The van der Waals surface area contributed by atoms with E-state index in [0.717, 1.165) is 59.7 Å². The largest absolute Gasteiger partial charge is 0.491 e. The van der Waals surface area contributed by atoms with Gasteiger partial charge < -0.3 is 9.64 Å². The zero-order chi connectivity index (χ0) is 20.5. The van der Waals surface area contributed by atoms with E-state index in [2.05, 4.69) is 48.2 Å². The number of hydrogen-bond acceptors (Lipinski definition) is 5. The zero-order valence-electron chi connectivity index (χ0n) is 17.3. The topological polar surface area (TPSA) is 71.9 Å². The molecule has 0 saturated carbocycles. The minimum Gasteiger partial charge on any atom is -0.491 e. The summed E-state index contributed by atoms with van der Waals surface area (Å²) >= 11 is 0. The highest BCUT2D eigenvalue weighted by atomic mass is 16.5. The SMILES string of the molecule is CC(C)Oc1ccc2[nH]nc(-c3ccnc(N4CCC(n5cccn5)CC4)c3)c2c1. The number of nitrogens with zero attached hydrogens (tertiary/aromatic N) is 5. The van der Waals surface area contributed by atoms with Gasteiger partial charge in [0, 0.05) is 42.6 Å². The van der Waals surface area contributed by atoms with Crippen molar-refractivity contribution in [2.45, 2.75) is 38.8 Å². The third-order valence-corrected chi connectivity index (χ3v) is 5.61. The predicted molar refractivity (Wildman–Crippen MR) is 118 cm³/mol. The van der Waals surface area contributed by atoms with Crippen molar-refractivity contribution in [3.63, 3.8) is 0 Å². The van der Waals surface area contributed by atoms with E-state index >= 15 is 0 Å². The zero-order valence-corrected chi connectivity index (χ0v) is 17.3. The van der Waals surface area contributed by atoms with E-state index in [1.165, 1.54) is 0 Å². The molecule has 1 aromatic carbocycles. The normalized spacial score (nSPS) is 15.2. The van der Waals surface area contributed by atoms with Crippen molar-refractivity contribution in [2.75, 3.05) is 18.0 Å². The lowest BCUT2D eigenvalue weighted by Crippen LogP contribution is -2.35. The van der Waals surface area contributed by atoms with Crippen LogP contribution in [0.5, 0.6) is 5.75 Å². The predicted octanol–water partition coefficient (Wildman–Crippen LogP) is 4.45. The van der Waals surface area contributed by atoms with Crippen LogP contribution in [0.3, 0.4) is 0 Å². The lowest BCUT2D eigenvalue weighted by atomic mass is 10.0. The van der Waals surface area contributed by atoms with E-state index in [9.17, 15) is 0 Å². The minimum absolute atomic E-state index is 0.134. The van der Waals surface area contributed by atoms with Crippen LogP contribution in [0, 0.1) is 0 Å². The number of nitrogens with one attached hydrogen (secondary N) is 1. The summed E-state index contributed by atoms with van der Waals surface area (Å²) in [5, 5.41) is 13.2.